The molecule has 0 N–H and O–H groups in total. The fourth-order valence-electron chi connectivity index (χ4n) is 4.84. The predicted molar refractivity (Wildman–Crippen MR) is 143 cm³/mol. The van der Waals surface area contributed by atoms with E-state index in [1.54, 1.807) is 18.3 Å². The van der Waals surface area contributed by atoms with Gasteiger partial charge in [0.1, 0.15) is 30.7 Å². The van der Waals surface area contributed by atoms with Crippen LogP contribution in [-0.2, 0) is 15.9 Å². The molecule has 0 fully saturated rings. The van der Waals surface area contributed by atoms with Gasteiger partial charge in [0.25, 0.3) is 5.91 Å². The van der Waals surface area contributed by atoms with Crippen molar-refractivity contribution in [2.75, 3.05) is 13.2 Å². The third-order valence-corrected chi connectivity index (χ3v) is 6.92. The summed E-state index contributed by atoms with van der Waals surface area (Å²) in [6.45, 7) is 2.87. The van der Waals surface area contributed by atoms with E-state index >= 15 is 0 Å². The second-order valence-corrected chi connectivity index (χ2v) is 9.68. The van der Waals surface area contributed by atoms with Gasteiger partial charge in [-0.1, -0.05) is 84.1 Å². The molecule has 0 saturated carbocycles. The van der Waals surface area contributed by atoms with E-state index in [1.165, 1.54) is 4.68 Å². The largest absolute Gasteiger partial charge is 0.478 e. The molecular weight excluding hydrogens is 478 g/mol. The molecule has 8 nitrogen and oxygen atoms in total. The summed E-state index contributed by atoms with van der Waals surface area (Å²) in [6.07, 6.45) is 2.01. The van der Waals surface area contributed by atoms with Crippen LogP contribution in [0.3, 0.4) is 0 Å². The topological polar surface area (TPSA) is 91.0 Å². The summed E-state index contributed by atoms with van der Waals surface area (Å²) in [7, 11) is 0. The van der Waals surface area contributed by atoms with Crippen LogP contribution in [-0.4, -0.2) is 45.9 Å². The average Bonchev–Trinajstić information content (AvgIpc) is 3.76. The van der Waals surface area contributed by atoms with Crippen molar-refractivity contribution >= 4 is 17.7 Å². The number of hydrogen-bond acceptors (Lipinski definition) is 7. The first kappa shape index (κ1) is 23.8. The van der Waals surface area contributed by atoms with Crippen molar-refractivity contribution in [3.63, 3.8) is 0 Å². The Morgan fingerprint density at radius 3 is 1.84 bits per heavy atom. The lowest BCUT2D eigenvalue weighted by molar-refractivity contribution is 0.0942. The standard InChI is InChI=1S/C30H27N5O3/c1-30(28-31-25(19-37-28)21-11-5-2-6-12-21,29-32-26(20-38-29)22-13-7-3-8-14-22)17-24-18-35(34-33-24)27(36)23-15-9-4-10-16-23/h2-16,18,25-26H,17,19-20H2,1H3/t25-,26-/m0/s1. The highest BCUT2D eigenvalue weighted by Gasteiger charge is 2.46. The molecule has 0 amide bonds. The molecule has 0 spiro atoms. The lowest BCUT2D eigenvalue weighted by Crippen LogP contribution is -2.39. The number of rotatable bonds is 7. The van der Waals surface area contributed by atoms with Gasteiger partial charge >= 0.3 is 0 Å². The maximum Gasteiger partial charge on any atom is 0.279 e. The van der Waals surface area contributed by atoms with Gasteiger partial charge in [0.2, 0.25) is 0 Å². The normalized spacial score (nSPS) is 18.9. The van der Waals surface area contributed by atoms with E-state index in [0.29, 0.717) is 42.7 Å². The minimum Gasteiger partial charge on any atom is -0.478 e. The minimum absolute atomic E-state index is 0.118. The zero-order valence-electron chi connectivity index (χ0n) is 21.0. The number of aromatic nitrogens is 3. The zero-order valence-corrected chi connectivity index (χ0v) is 21.0. The highest BCUT2D eigenvalue weighted by Crippen LogP contribution is 2.38. The lowest BCUT2D eigenvalue weighted by Gasteiger charge is -2.26. The predicted octanol–water partition coefficient (Wildman–Crippen LogP) is 4.86. The molecule has 3 heterocycles. The van der Waals surface area contributed by atoms with Crippen LogP contribution in [0.25, 0.3) is 0 Å². The average molecular weight is 506 g/mol. The molecule has 8 heteroatoms. The Morgan fingerprint density at radius 1 is 0.816 bits per heavy atom. The third kappa shape index (κ3) is 4.61. The van der Waals surface area contributed by atoms with E-state index in [4.69, 9.17) is 19.5 Å². The van der Waals surface area contributed by atoms with E-state index in [1.807, 2.05) is 85.8 Å². The summed E-state index contributed by atoms with van der Waals surface area (Å²) >= 11 is 0. The molecular formula is C30H27N5O3. The molecule has 2 atom stereocenters. The maximum atomic E-state index is 12.9. The first-order chi connectivity index (χ1) is 18.6. The van der Waals surface area contributed by atoms with E-state index in [-0.39, 0.29) is 18.0 Å². The summed E-state index contributed by atoms with van der Waals surface area (Å²) < 4.78 is 13.7. The van der Waals surface area contributed by atoms with Crippen molar-refractivity contribution in [1.29, 1.82) is 0 Å². The van der Waals surface area contributed by atoms with Crippen LogP contribution in [0.5, 0.6) is 0 Å². The molecule has 0 bridgehead atoms. The highest BCUT2D eigenvalue weighted by atomic mass is 16.5. The van der Waals surface area contributed by atoms with Gasteiger partial charge < -0.3 is 9.47 Å². The van der Waals surface area contributed by atoms with Gasteiger partial charge in [0.15, 0.2) is 11.8 Å². The summed E-state index contributed by atoms with van der Waals surface area (Å²) in [4.78, 5) is 22.8. The molecule has 1 aromatic heterocycles. The summed E-state index contributed by atoms with van der Waals surface area (Å²) in [5.41, 5.74) is 2.49. The molecule has 38 heavy (non-hydrogen) atoms. The quantitative estimate of drug-likeness (QED) is 0.358. The maximum absolute atomic E-state index is 12.9. The Balaban J connectivity index is 1.33. The van der Waals surface area contributed by atoms with Crippen molar-refractivity contribution < 1.29 is 14.3 Å². The van der Waals surface area contributed by atoms with Gasteiger partial charge in [-0.15, -0.1) is 5.10 Å². The minimum atomic E-state index is -0.830. The highest BCUT2D eigenvalue weighted by molar-refractivity contribution is 6.06. The van der Waals surface area contributed by atoms with Gasteiger partial charge in [-0.25, -0.2) is 9.98 Å². The Morgan fingerprint density at radius 2 is 1.32 bits per heavy atom. The first-order valence-corrected chi connectivity index (χ1v) is 12.6. The number of benzene rings is 3. The van der Waals surface area contributed by atoms with Gasteiger partial charge in [-0.05, 0) is 30.2 Å². The van der Waals surface area contributed by atoms with Crippen LogP contribution in [0, 0.1) is 5.41 Å². The molecule has 3 aromatic carbocycles. The van der Waals surface area contributed by atoms with Crippen molar-refractivity contribution in [3.05, 3.63) is 120 Å². The second-order valence-electron chi connectivity index (χ2n) is 9.68. The fraction of sp³-hybridized carbons (Fsp3) is 0.233. The van der Waals surface area contributed by atoms with Gasteiger partial charge in [-0.3, -0.25) is 4.79 Å². The number of aliphatic imine (C=N–C) groups is 2. The number of carbonyl (C=O) groups is 1. The smallest absolute Gasteiger partial charge is 0.279 e. The Hall–Kier alpha value is -4.59. The second kappa shape index (κ2) is 10.0. The summed E-state index contributed by atoms with van der Waals surface area (Å²) in [5.74, 6) is 0.841. The molecule has 2 aliphatic rings. The Labute approximate surface area is 220 Å². The van der Waals surface area contributed by atoms with Crippen molar-refractivity contribution in [2.24, 2.45) is 15.4 Å². The van der Waals surface area contributed by atoms with Crippen molar-refractivity contribution in [1.82, 2.24) is 15.0 Å². The Bertz CT molecular complexity index is 1420. The molecule has 190 valence electrons. The number of nitrogens with zero attached hydrogens (tertiary/aromatic N) is 5. The van der Waals surface area contributed by atoms with Gasteiger partial charge in [0.05, 0.1) is 11.9 Å². The van der Waals surface area contributed by atoms with Crippen LogP contribution in [0.2, 0.25) is 0 Å². The van der Waals surface area contributed by atoms with Crippen LogP contribution < -0.4 is 0 Å². The van der Waals surface area contributed by atoms with Gasteiger partial charge in [0, 0.05) is 12.0 Å². The van der Waals surface area contributed by atoms with Crippen molar-refractivity contribution in [2.45, 2.75) is 25.4 Å². The van der Waals surface area contributed by atoms with E-state index < -0.39 is 5.41 Å². The molecule has 0 aliphatic carbocycles. The van der Waals surface area contributed by atoms with Crippen LogP contribution in [0.1, 0.15) is 46.2 Å². The van der Waals surface area contributed by atoms with E-state index in [0.717, 1.165) is 11.1 Å². The molecule has 0 saturated heterocycles. The lowest BCUT2D eigenvalue weighted by atomic mass is 9.84. The summed E-state index contributed by atoms with van der Waals surface area (Å²) in [5, 5.41) is 8.43. The van der Waals surface area contributed by atoms with Crippen LogP contribution >= 0.6 is 0 Å². The summed E-state index contributed by atoms with van der Waals surface area (Å²) in [6, 6.07) is 28.9. The van der Waals surface area contributed by atoms with Crippen LogP contribution in [0.15, 0.2) is 107 Å². The monoisotopic (exact) mass is 505 g/mol. The van der Waals surface area contributed by atoms with E-state index in [2.05, 4.69) is 10.3 Å². The number of hydrogen-bond donors (Lipinski definition) is 0. The first-order valence-electron chi connectivity index (χ1n) is 12.6. The molecule has 0 unspecified atom stereocenters. The molecule has 6 rings (SSSR count). The van der Waals surface area contributed by atoms with E-state index in [9.17, 15) is 4.79 Å². The van der Waals surface area contributed by atoms with Gasteiger partial charge in [-0.2, -0.15) is 4.68 Å². The molecule has 2 aliphatic heterocycles. The Kier molecular flexibility index (Phi) is 6.29. The third-order valence-electron chi connectivity index (χ3n) is 6.92. The SMILES string of the molecule is CC(Cc1cn(C(=O)c2ccccc2)nn1)(C1=N[C@H](c2ccccc2)CO1)C1=N[C@H](c2ccccc2)CO1. The molecule has 4 aromatic rings. The fourth-order valence-corrected chi connectivity index (χ4v) is 4.84. The zero-order chi connectivity index (χ0) is 26.0. The van der Waals surface area contributed by atoms with Crippen molar-refractivity contribution in [3.8, 4) is 0 Å². The number of ether oxygens (including phenoxy) is 2. The van der Waals surface area contributed by atoms with Crippen LogP contribution in [0.4, 0.5) is 0 Å². The molecule has 0 radical (unpaired) electrons. The number of carbonyl (C=O) groups excluding carboxylic acids is 1.